The van der Waals surface area contributed by atoms with Gasteiger partial charge in [-0.1, -0.05) is 63.1 Å². The van der Waals surface area contributed by atoms with Crippen molar-refractivity contribution < 1.29 is 19.1 Å². The molecule has 0 spiro atoms. The maximum Gasteiger partial charge on any atom is 0.412 e. The van der Waals surface area contributed by atoms with E-state index in [1.54, 1.807) is 0 Å². The number of nitrogens with zero attached hydrogens (tertiary/aromatic N) is 4. The number of aliphatic hydroxyl groups excluding tert-OH is 1. The molecule has 1 N–H and O–H groups in total. The molecule has 1 aromatic carbocycles. The van der Waals surface area contributed by atoms with Crippen LogP contribution < -0.4 is 0 Å². The molecular formula is C20H32N4O4Si. The number of rotatable bonds is 8. The van der Waals surface area contributed by atoms with Gasteiger partial charge in [0.2, 0.25) is 0 Å². The van der Waals surface area contributed by atoms with Crippen molar-refractivity contribution >= 4 is 14.4 Å². The molecule has 1 aromatic rings. The highest BCUT2D eigenvalue weighted by molar-refractivity contribution is 6.74. The maximum absolute atomic E-state index is 12.4. The highest BCUT2D eigenvalue weighted by Crippen LogP contribution is 2.37. The predicted octanol–water partition coefficient (Wildman–Crippen LogP) is 4.84. The van der Waals surface area contributed by atoms with E-state index in [1.165, 1.54) is 4.90 Å². The molecule has 1 heterocycles. The minimum atomic E-state index is -2.00. The van der Waals surface area contributed by atoms with Crippen LogP contribution in [0.5, 0.6) is 0 Å². The number of aliphatic hydroxyl groups is 1. The van der Waals surface area contributed by atoms with Crippen molar-refractivity contribution in [3.8, 4) is 0 Å². The van der Waals surface area contributed by atoms with Gasteiger partial charge in [-0.05, 0) is 35.1 Å². The van der Waals surface area contributed by atoms with Crippen molar-refractivity contribution in [1.82, 2.24) is 4.90 Å². The summed E-state index contributed by atoms with van der Waals surface area (Å²) in [6, 6.07) is 8.06. The zero-order valence-electron chi connectivity index (χ0n) is 18.1. The molecule has 1 fully saturated rings. The lowest BCUT2D eigenvalue weighted by Gasteiger charge is -2.38. The Balaban J connectivity index is 2.20. The Morgan fingerprint density at radius 3 is 2.55 bits per heavy atom. The third-order valence-electron chi connectivity index (χ3n) is 5.97. The first kappa shape index (κ1) is 23.2. The molecule has 29 heavy (non-hydrogen) atoms. The van der Waals surface area contributed by atoms with Gasteiger partial charge in [-0.15, -0.1) is 0 Å². The van der Waals surface area contributed by atoms with Crippen molar-refractivity contribution in [2.24, 2.45) is 11.0 Å². The van der Waals surface area contributed by atoms with Crippen LogP contribution in [0.4, 0.5) is 4.79 Å². The predicted molar refractivity (Wildman–Crippen MR) is 114 cm³/mol. The minimum Gasteiger partial charge on any atom is -0.447 e. The van der Waals surface area contributed by atoms with Gasteiger partial charge in [0.15, 0.2) is 8.32 Å². The van der Waals surface area contributed by atoms with Crippen LogP contribution in [0, 0.1) is 5.92 Å². The molecule has 8 nitrogen and oxygen atoms in total. The van der Waals surface area contributed by atoms with E-state index in [0.29, 0.717) is 6.61 Å². The van der Waals surface area contributed by atoms with E-state index in [-0.39, 0.29) is 17.6 Å². The maximum atomic E-state index is 12.4. The summed E-state index contributed by atoms with van der Waals surface area (Å²) in [7, 11) is -2.00. The fraction of sp³-hybridized carbons (Fsp3) is 0.650. The van der Waals surface area contributed by atoms with Crippen LogP contribution in [0.25, 0.3) is 10.4 Å². The van der Waals surface area contributed by atoms with Crippen molar-refractivity contribution in [3.63, 3.8) is 0 Å². The highest BCUT2D eigenvalue weighted by atomic mass is 28.4. The number of carbonyl (C=O) groups is 1. The summed E-state index contributed by atoms with van der Waals surface area (Å²) in [5.41, 5.74) is 9.91. The second-order valence-electron chi connectivity index (χ2n) is 9.07. The number of azide groups is 1. The summed E-state index contributed by atoms with van der Waals surface area (Å²) in [5.74, 6) is -0.292. The third-order valence-corrected chi connectivity index (χ3v) is 10.5. The Kier molecular flexibility index (Phi) is 7.34. The quantitative estimate of drug-likeness (QED) is 0.281. The number of carbonyl (C=O) groups excluding carboxylic acids is 1. The lowest BCUT2D eigenvalue weighted by atomic mass is 9.99. The molecule has 2 rings (SSSR count). The van der Waals surface area contributed by atoms with E-state index >= 15 is 0 Å². The van der Waals surface area contributed by atoms with Crippen LogP contribution in [-0.2, 0) is 9.16 Å². The standard InChI is InChI=1S/C20H32N4O4Si/c1-14(12-28-29(5,6)20(2,3)4)17(22-23-21)18(25)24-16(13-27-19(24)26)15-10-8-7-9-11-15/h7-11,14,16-18,25H,12-13H2,1-6H3/t14-,16+,17-,18?/m1/s1. The molecule has 1 aliphatic heterocycles. The fourth-order valence-corrected chi connectivity index (χ4v) is 4.12. The average molecular weight is 421 g/mol. The van der Waals surface area contributed by atoms with Crippen LogP contribution in [0.3, 0.4) is 0 Å². The summed E-state index contributed by atoms with van der Waals surface area (Å²) in [4.78, 5) is 16.5. The summed E-state index contributed by atoms with van der Waals surface area (Å²) in [6.07, 6.45) is -1.94. The molecule has 9 heteroatoms. The Labute approximate surface area is 173 Å². The van der Waals surface area contributed by atoms with Gasteiger partial charge in [-0.3, -0.25) is 4.90 Å². The van der Waals surface area contributed by atoms with Crippen molar-refractivity contribution in [2.75, 3.05) is 13.2 Å². The summed E-state index contributed by atoms with van der Waals surface area (Å²) in [5, 5.41) is 14.9. The number of hydrogen-bond donors (Lipinski definition) is 1. The molecule has 1 unspecified atom stereocenters. The van der Waals surface area contributed by atoms with Crippen molar-refractivity contribution in [1.29, 1.82) is 0 Å². The SMILES string of the molecule is C[C@H](CO[Si](C)(C)C(C)(C)C)[C@@H](N=[N+]=[N-])C(O)N1C(=O)OC[C@H]1c1ccccc1. The number of cyclic esters (lactones) is 1. The molecule has 1 amide bonds. The van der Waals surface area contributed by atoms with Gasteiger partial charge in [0.1, 0.15) is 12.8 Å². The highest BCUT2D eigenvalue weighted by Gasteiger charge is 2.43. The molecule has 1 saturated heterocycles. The first-order valence-electron chi connectivity index (χ1n) is 9.86. The lowest BCUT2D eigenvalue weighted by molar-refractivity contribution is -0.0171. The molecule has 0 radical (unpaired) electrons. The Morgan fingerprint density at radius 2 is 2.00 bits per heavy atom. The summed E-state index contributed by atoms with van der Waals surface area (Å²) < 4.78 is 11.4. The zero-order chi connectivity index (χ0) is 21.8. The molecule has 1 aliphatic rings. The van der Waals surface area contributed by atoms with Gasteiger partial charge < -0.3 is 14.3 Å². The average Bonchev–Trinajstić information content (AvgIpc) is 3.05. The van der Waals surface area contributed by atoms with Gasteiger partial charge in [-0.25, -0.2) is 4.79 Å². The molecule has 0 aliphatic carbocycles. The fourth-order valence-electron chi connectivity index (χ4n) is 3.00. The molecule has 0 saturated carbocycles. The van der Waals surface area contributed by atoms with E-state index in [4.69, 9.17) is 14.7 Å². The van der Waals surface area contributed by atoms with Crippen molar-refractivity contribution in [2.45, 2.75) is 64.1 Å². The van der Waals surface area contributed by atoms with Crippen LogP contribution in [0.15, 0.2) is 35.4 Å². The first-order valence-corrected chi connectivity index (χ1v) is 12.8. The van der Waals surface area contributed by atoms with Crippen LogP contribution >= 0.6 is 0 Å². The van der Waals surface area contributed by atoms with E-state index in [0.717, 1.165) is 5.56 Å². The van der Waals surface area contributed by atoms with E-state index in [9.17, 15) is 9.90 Å². The Hall–Kier alpha value is -2.06. The summed E-state index contributed by atoms with van der Waals surface area (Å²) in [6.45, 7) is 13.0. The number of amides is 1. The molecule has 0 aromatic heterocycles. The Bertz CT molecular complexity index is 747. The largest absolute Gasteiger partial charge is 0.447 e. The smallest absolute Gasteiger partial charge is 0.412 e. The molecular weight excluding hydrogens is 388 g/mol. The van der Waals surface area contributed by atoms with E-state index < -0.39 is 32.7 Å². The number of ether oxygens (including phenoxy) is 1. The van der Waals surface area contributed by atoms with Crippen molar-refractivity contribution in [3.05, 3.63) is 46.3 Å². The number of benzene rings is 1. The lowest BCUT2D eigenvalue weighted by Crippen LogP contribution is -2.49. The van der Waals surface area contributed by atoms with Gasteiger partial charge >= 0.3 is 6.09 Å². The van der Waals surface area contributed by atoms with Crippen LogP contribution in [0.2, 0.25) is 18.1 Å². The second kappa shape index (κ2) is 9.17. The van der Waals surface area contributed by atoms with E-state index in [1.807, 2.05) is 37.3 Å². The Morgan fingerprint density at radius 1 is 1.38 bits per heavy atom. The third kappa shape index (κ3) is 5.30. The summed E-state index contributed by atoms with van der Waals surface area (Å²) >= 11 is 0. The first-order chi connectivity index (χ1) is 13.5. The van der Waals surface area contributed by atoms with Gasteiger partial charge in [-0.2, -0.15) is 0 Å². The normalized spacial score (nSPS) is 20.6. The molecule has 160 valence electrons. The van der Waals surface area contributed by atoms with Gasteiger partial charge in [0, 0.05) is 11.5 Å². The second-order valence-corrected chi connectivity index (χ2v) is 13.9. The van der Waals surface area contributed by atoms with Crippen LogP contribution in [-0.4, -0.2) is 49.9 Å². The van der Waals surface area contributed by atoms with E-state index in [2.05, 4.69) is 43.9 Å². The molecule has 0 bridgehead atoms. The van der Waals surface area contributed by atoms with Crippen LogP contribution in [0.1, 0.15) is 39.3 Å². The topological polar surface area (TPSA) is 108 Å². The molecule has 4 atom stereocenters. The minimum absolute atomic E-state index is 0.0382. The number of hydrogen-bond acceptors (Lipinski definition) is 5. The monoisotopic (exact) mass is 420 g/mol. The van der Waals surface area contributed by atoms with Gasteiger partial charge in [0.05, 0.1) is 12.1 Å². The zero-order valence-corrected chi connectivity index (χ0v) is 19.1. The van der Waals surface area contributed by atoms with Gasteiger partial charge in [0.25, 0.3) is 0 Å².